The molecule has 0 rings (SSSR count). The van der Waals surface area contributed by atoms with Crippen molar-refractivity contribution in [2.75, 3.05) is 5.75 Å². The minimum Gasteiger partial charge on any atom is -0.0942 e. The van der Waals surface area contributed by atoms with Gasteiger partial charge in [-0.1, -0.05) is 53.9 Å². The van der Waals surface area contributed by atoms with Crippen molar-refractivity contribution >= 4 is 47.4 Å². The average molecular weight is 221 g/mol. The maximum Gasteiger partial charge on any atom is 0.190 e. The summed E-state index contributed by atoms with van der Waals surface area (Å²) < 4.78 is -1.07. The van der Waals surface area contributed by atoms with E-state index in [9.17, 15) is 0 Å². The van der Waals surface area contributed by atoms with Crippen molar-refractivity contribution in [3.63, 3.8) is 0 Å². The Hall–Kier alpha value is 1.22. The van der Waals surface area contributed by atoms with Crippen molar-refractivity contribution < 1.29 is 0 Å². The molecule has 0 aliphatic carbocycles. The van der Waals surface area contributed by atoms with Gasteiger partial charge in [-0.2, -0.15) is 0 Å². The maximum atomic E-state index is 5.52. The molecule has 0 atom stereocenters. The zero-order valence-corrected chi connectivity index (χ0v) is 8.66. The lowest BCUT2D eigenvalue weighted by molar-refractivity contribution is 0.681. The highest BCUT2D eigenvalue weighted by atomic mass is 35.6. The molecule has 0 aromatic rings. The molecule has 10 heavy (non-hydrogen) atoms. The van der Waals surface area contributed by atoms with Gasteiger partial charge >= 0.3 is 0 Å². The second-order valence-electron chi connectivity index (χ2n) is 2.13. The summed E-state index contributed by atoms with van der Waals surface area (Å²) >= 11 is 21.3. The van der Waals surface area contributed by atoms with Gasteiger partial charge in [0.05, 0.1) is 0 Å². The molecule has 1 radical (unpaired) electrons. The molecule has 0 bridgehead atoms. The predicted molar refractivity (Wildman–Crippen MR) is 51.2 cm³/mol. The molecule has 0 aliphatic rings. The first-order valence-corrected chi connectivity index (χ1v) is 4.92. The fraction of sp³-hybridized carbons (Fsp3) is 1.00. The molecule has 0 unspecified atom stereocenters. The van der Waals surface area contributed by atoms with Gasteiger partial charge in [0.15, 0.2) is 3.79 Å². The Bertz CT molecular complexity index is 79.6. The van der Waals surface area contributed by atoms with Crippen LogP contribution in [-0.4, -0.2) is 9.55 Å². The van der Waals surface area contributed by atoms with Crippen LogP contribution in [0.3, 0.4) is 0 Å². The van der Waals surface area contributed by atoms with E-state index in [1.807, 2.05) is 0 Å². The molecule has 0 aliphatic heterocycles. The molecular formula is C6H10Cl3S. The van der Waals surface area contributed by atoms with Gasteiger partial charge in [-0.3, -0.25) is 0 Å². The lowest BCUT2D eigenvalue weighted by Gasteiger charge is -2.08. The van der Waals surface area contributed by atoms with Gasteiger partial charge < -0.3 is 0 Å². The second kappa shape index (κ2) is 5.82. The average Bonchev–Trinajstić information content (AvgIpc) is 1.78. The number of unbranched alkanes of at least 4 members (excludes halogenated alkanes) is 2. The Morgan fingerprint density at radius 3 is 2.00 bits per heavy atom. The van der Waals surface area contributed by atoms with Crippen molar-refractivity contribution in [1.82, 2.24) is 0 Å². The number of hydrogen-bond acceptors (Lipinski definition) is 0. The number of hydrogen-bond donors (Lipinski definition) is 0. The van der Waals surface area contributed by atoms with Crippen LogP contribution in [0.25, 0.3) is 0 Å². The van der Waals surface area contributed by atoms with E-state index in [0.717, 1.165) is 25.0 Å². The molecular weight excluding hydrogens is 210 g/mol. The second-order valence-corrected chi connectivity index (χ2v) is 5.05. The van der Waals surface area contributed by atoms with Crippen molar-refractivity contribution in [1.29, 1.82) is 0 Å². The van der Waals surface area contributed by atoms with Gasteiger partial charge in [0.1, 0.15) is 0 Å². The van der Waals surface area contributed by atoms with Crippen LogP contribution in [0.4, 0.5) is 0 Å². The van der Waals surface area contributed by atoms with E-state index >= 15 is 0 Å². The quantitative estimate of drug-likeness (QED) is 0.494. The van der Waals surface area contributed by atoms with Gasteiger partial charge in [-0.25, -0.2) is 0 Å². The molecule has 0 aromatic carbocycles. The van der Waals surface area contributed by atoms with Crippen LogP contribution in [0.2, 0.25) is 0 Å². The highest BCUT2D eigenvalue weighted by Crippen LogP contribution is 2.31. The Morgan fingerprint density at radius 2 is 1.60 bits per heavy atom. The summed E-state index contributed by atoms with van der Waals surface area (Å²) in [4.78, 5) is 0. The summed E-state index contributed by atoms with van der Waals surface area (Å²) in [5.74, 6) is 0.805. The summed E-state index contributed by atoms with van der Waals surface area (Å²) in [5, 5.41) is 0. The highest BCUT2D eigenvalue weighted by Gasteiger charge is 2.17. The van der Waals surface area contributed by atoms with Crippen LogP contribution in [0, 0.1) is 0 Å². The zero-order valence-electron chi connectivity index (χ0n) is 5.58. The van der Waals surface area contributed by atoms with Gasteiger partial charge in [0.25, 0.3) is 0 Å². The molecule has 0 heterocycles. The third kappa shape index (κ3) is 9.22. The van der Waals surface area contributed by atoms with E-state index in [1.165, 1.54) is 0 Å². The van der Waals surface area contributed by atoms with E-state index in [2.05, 4.69) is 0 Å². The fourth-order valence-electron chi connectivity index (χ4n) is 0.604. The van der Waals surface area contributed by atoms with E-state index in [0.29, 0.717) is 6.42 Å². The molecule has 0 saturated heterocycles. The zero-order chi connectivity index (χ0) is 8.04. The molecule has 0 saturated carbocycles. The lowest BCUT2D eigenvalue weighted by Crippen LogP contribution is -2.00. The normalized spacial score (nSPS) is 12.0. The number of rotatable bonds is 4. The van der Waals surface area contributed by atoms with Gasteiger partial charge in [0.2, 0.25) is 0 Å². The lowest BCUT2D eigenvalue weighted by atomic mass is 10.2. The molecule has 0 fully saturated rings. The minimum absolute atomic E-state index is 0.632. The molecule has 0 N–H and O–H groups in total. The molecule has 0 spiro atoms. The summed E-state index contributed by atoms with van der Waals surface area (Å²) in [6, 6.07) is 0. The Labute approximate surface area is 82.6 Å². The first-order chi connectivity index (χ1) is 4.56. The summed E-state index contributed by atoms with van der Waals surface area (Å²) in [7, 11) is 0. The number of halogens is 3. The third-order valence-electron chi connectivity index (χ3n) is 1.10. The molecule has 0 amide bonds. The molecule has 0 aromatic heterocycles. The Morgan fingerprint density at radius 1 is 1.00 bits per heavy atom. The van der Waals surface area contributed by atoms with Crippen LogP contribution >= 0.6 is 47.4 Å². The van der Waals surface area contributed by atoms with Crippen LogP contribution < -0.4 is 0 Å². The van der Waals surface area contributed by atoms with E-state index in [4.69, 9.17) is 47.4 Å². The van der Waals surface area contributed by atoms with E-state index in [-0.39, 0.29) is 0 Å². The Balaban J connectivity index is 3.04. The van der Waals surface area contributed by atoms with Gasteiger partial charge in [-0.05, 0) is 19.3 Å². The monoisotopic (exact) mass is 219 g/mol. The van der Waals surface area contributed by atoms with Crippen molar-refractivity contribution in [3.05, 3.63) is 0 Å². The minimum atomic E-state index is -1.07. The van der Waals surface area contributed by atoms with Gasteiger partial charge in [0, 0.05) is 5.75 Å². The van der Waals surface area contributed by atoms with Crippen molar-refractivity contribution in [3.8, 4) is 0 Å². The summed E-state index contributed by atoms with van der Waals surface area (Å²) in [5.41, 5.74) is 0. The predicted octanol–water partition coefficient (Wildman–Crippen LogP) is 4.11. The van der Waals surface area contributed by atoms with Crippen LogP contribution in [0.15, 0.2) is 0 Å². The summed E-state index contributed by atoms with van der Waals surface area (Å²) in [6.45, 7) is 0. The summed E-state index contributed by atoms with van der Waals surface area (Å²) in [6.07, 6.45) is 3.70. The molecule has 4 heteroatoms. The van der Waals surface area contributed by atoms with E-state index in [1.54, 1.807) is 0 Å². The van der Waals surface area contributed by atoms with Crippen molar-refractivity contribution in [2.45, 2.75) is 29.5 Å². The highest BCUT2D eigenvalue weighted by molar-refractivity contribution is 7.80. The first kappa shape index (κ1) is 11.2. The topological polar surface area (TPSA) is 0 Å². The van der Waals surface area contributed by atoms with Crippen LogP contribution in [0.5, 0.6) is 0 Å². The largest absolute Gasteiger partial charge is 0.190 e. The van der Waals surface area contributed by atoms with Gasteiger partial charge in [-0.15, -0.1) is 0 Å². The van der Waals surface area contributed by atoms with E-state index < -0.39 is 3.79 Å². The SMILES string of the molecule is [S]CCCCCC(Cl)(Cl)Cl. The molecule has 61 valence electrons. The fourth-order valence-corrected chi connectivity index (χ4v) is 1.21. The van der Waals surface area contributed by atoms with Crippen LogP contribution in [0.1, 0.15) is 25.7 Å². The third-order valence-corrected chi connectivity index (χ3v) is 1.96. The smallest absolute Gasteiger partial charge is 0.0942 e. The molecule has 0 nitrogen and oxygen atoms in total. The maximum absolute atomic E-state index is 5.52. The van der Waals surface area contributed by atoms with Crippen molar-refractivity contribution in [2.24, 2.45) is 0 Å². The number of alkyl halides is 3. The van der Waals surface area contributed by atoms with Crippen LogP contribution in [-0.2, 0) is 0 Å². The first-order valence-electron chi connectivity index (χ1n) is 3.21. The standard InChI is InChI=1S/C6H10Cl3S/c7-6(8,9)4-2-1-3-5-10/h1-5H2. The Kier molecular flexibility index (Phi) is 6.53.